The summed E-state index contributed by atoms with van der Waals surface area (Å²) in [7, 11) is 0. The Morgan fingerprint density at radius 3 is 2.85 bits per heavy atom. The van der Waals surface area contributed by atoms with E-state index in [4.69, 9.17) is 0 Å². The van der Waals surface area contributed by atoms with Crippen molar-refractivity contribution < 1.29 is 4.79 Å². The summed E-state index contributed by atoms with van der Waals surface area (Å²) < 4.78 is 1.07. The molecular weight excluding hydrogens is 422 g/mol. The minimum absolute atomic E-state index is 0.103. The van der Waals surface area contributed by atoms with Crippen LogP contribution in [0.25, 0.3) is 17.0 Å². The Balaban J connectivity index is 1.44. The summed E-state index contributed by atoms with van der Waals surface area (Å²) in [5.74, 6) is -0.103. The third kappa shape index (κ3) is 4.46. The topological polar surface area (TPSA) is 54.4 Å². The molecule has 0 aliphatic carbocycles. The van der Waals surface area contributed by atoms with Gasteiger partial charge in [-0.3, -0.25) is 14.8 Å². The van der Waals surface area contributed by atoms with E-state index in [2.05, 4.69) is 43.4 Å². The van der Waals surface area contributed by atoms with Crippen molar-refractivity contribution in [1.29, 1.82) is 0 Å². The van der Waals surface area contributed by atoms with Gasteiger partial charge in [-0.15, -0.1) is 0 Å². The molecule has 3 aromatic rings. The van der Waals surface area contributed by atoms with Crippen LogP contribution in [0.4, 0.5) is 0 Å². The van der Waals surface area contributed by atoms with E-state index in [1.54, 1.807) is 6.20 Å². The van der Waals surface area contributed by atoms with Crippen molar-refractivity contribution in [3.05, 3.63) is 81.3 Å². The molecule has 1 N–H and O–H groups in total. The number of halogens is 1. The van der Waals surface area contributed by atoms with E-state index in [0.717, 1.165) is 27.4 Å². The van der Waals surface area contributed by atoms with E-state index in [1.807, 2.05) is 48.5 Å². The minimum atomic E-state index is -0.103. The van der Waals surface area contributed by atoms with Crippen LogP contribution < -0.4 is 5.32 Å². The molecule has 0 bridgehead atoms. The predicted molar refractivity (Wildman–Crippen MR) is 116 cm³/mol. The highest BCUT2D eigenvalue weighted by molar-refractivity contribution is 9.10. The molecule has 27 heavy (non-hydrogen) atoms. The molecule has 134 valence electrons. The van der Waals surface area contributed by atoms with Crippen LogP contribution in [0.15, 0.2) is 75.2 Å². The number of amides is 1. The zero-order valence-corrected chi connectivity index (χ0v) is 16.8. The fourth-order valence-corrected chi connectivity index (χ4v) is 3.89. The number of thioether (sulfide) groups is 1. The Morgan fingerprint density at radius 1 is 1.15 bits per heavy atom. The quantitative estimate of drug-likeness (QED) is 0.596. The average molecular weight is 438 g/mol. The highest BCUT2D eigenvalue weighted by Crippen LogP contribution is 2.27. The van der Waals surface area contributed by atoms with Crippen LogP contribution in [0.2, 0.25) is 0 Å². The van der Waals surface area contributed by atoms with Gasteiger partial charge in [0.05, 0.1) is 10.4 Å². The SMILES string of the molecule is O=C1NC(=NCCc2ccc(Br)cc2)SC1=Cc1ccc2ncccc2c1. The van der Waals surface area contributed by atoms with Gasteiger partial charge in [-0.1, -0.05) is 40.2 Å². The van der Waals surface area contributed by atoms with E-state index in [1.165, 1.54) is 17.3 Å². The number of amidine groups is 1. The predicted octanol–water partition coefficient (Wildman–Crippen LogP) is 4.80. The zero-order valence-electron chi connectivity index (χ0n) is 14.4. The van der Waals surface area contributed by atoms with Crippen molar-refractivity contribution in [2.75, 3.05) is 6.54 Å². The van der Waals surface area contributed by atoms with Crippen molar-refractivity contribution in [3.8, 4) is 0 Å². The van der Waals surface area contributed by atoms with E-state index in [0.29, 0.717) is 16.6 Å². The molecular formula is C21H16BrN3OS. The maximum atomic E-state index is 12.2. The van der Waals surface area contributed by atoms with Gasteiger partial charge >= 0.3 is 0 Å². The molecule has 0 atom stereocenters. The molecule has 0 saturated carbocycles. The number of hydrogen-bond donors (Lipinski definition) is 1. The summed E-state index contributed by atoms with van der Waals surface area (Å²) in [5.41, 5.74) is 3.14. The van der Waals surface area contributed by atoms with Gasteiger partial charge in [0.25, 0.3) is 5.91 Å². The third-order valence-electron chi connectivity index (χ3n) is 4.14. The van der Waals surface area contributed by atoms with Crippen molar-refractivity contribution in [2.45, 2.75) is 6.42 Å². The van der Waals surface area contributed by atoms with Crippen molar-refractivity contribution in [2.24, 2.45) is 4.99 Å². The van der Waals surface area contributed by atoms with E-state index >= 15 is 0 Å². The van der Waals surface area contributed by atoms with Gasteiger partial charge in [0.1, 0.15) is 0 Å². The lowest BCUT2D eigenvalue weighted by Gasteiger charge is -1.99. The lowest BCUT2D eigenvalue weighted by atomic mass is 10.1. The molecule has 2 heterocycles. The van der Waals surface area contributed by atoms with Crippen molar-refractivity contribution >= 4 is 55.7 Å². The number of carbonyl (C=O) groups is 1. The molecule has 1 amide bonds. The van der Waals surface area contributed by atoms with Crippen molar-refractivity contribution in [1.82, 2.24) is 10.3 Å². The standard InChI is InChI=1S/C21H16BrN3OS/c22-17-6-3-14(4-7-17)9-11-24-21-25-20(26)19(27-21)13-15-5-8-18-16(12-15)2-1-10-23-18/h1-8,10,12-13H,9,11H2,(H,24,25,26). The zero-order chi connectivity index (χ0) is 18.6. The van der Waals surface area contributed by atoms with Crippen LogP contribution in [0.5, 0.6) is 0 Å². The van der Waals surface area contributed by atoms with Gasteiger partial charge in [0, 0.05) is 22.6 Å². The molecule has 0 unspecified atom stereocenters. The largest absolute Gasteiger partial charge is 0.301 e. The Hall–Kier alpha value is -2.44. The fourth-order valence-electron chi connectivity index (χ4n) is 2.77. The number of aromatic nitrogens is 1. The number of hydrogen-bond acceptors (Lipinski definition) is 4. The maximum absolute atomic E-state index is 12.2. The van der Waals surface area contributed by atoms with Gasteiger partial charge in [-0.2, -0.15) is 0 Å². The summed E-state index contributed by atoms with van der Waals surface area (Å²) >= 11 is 4.82. The summed E-state index contributed by atoms with van der Waals surface area (Å²) in [5, 5.41) is 4.56. The van der Waals surface area contributed by atoms with E-state index < -0.39 is 0 Å². The summed E-state index contributed by atoms with van der Waals surface area (Å²) in [6, 6.07) is 18.1. The number of fused-ring (bicyclic) bond motifs is 1. The van der Waals surface area contributed by atoms with E-state index in [9.17, 15) is 4.79 Å². The van der Waals surface area contributed by atoms with Gasteiger partial charge in [-0.25, -0.2) is 0 Å². The van der Waals surface area contributed by atoms with Crippen LogP contribution in [0, 0.1) is 0 Å². The molecule has 2 aromatic carbocycles. The number of carbonyl (C=O) groups excluding carboxylic acids is 1. The first-order valence-corrected chi connectivity index (χ1v) is 10.1. The second-order valence-corrected chi connectivity index (χ2v) is 8.03. The lowest BCUT2D eigenvalue weighted by Crippen LogP contribution is -2.20. The van der Waals surface area contributed by atoms with Crippen LogP contribution >= 0.6 is 27.7 Å². The normalized spacial score (nSPS) is 17.0. The Morgan fingerprint density at radius 2 is 2.00 bits per heavy atom. The Kier molecular flexibility index (Phi) is 5.36. The second-order valence-electron chi connectivity index (χ2n) is 6.08. The molecule has 1 fully saturated rings. The molecule has 4 nitrogen and oxygen atoms in total. The molecule has 1 aromatic heterocycles. The number of pyridine rings is 1. The molecule has 0 spiro atoms. The first-order valence-electron chi connectivity index (χ1n) is 8.52. The molecule has 1 aliphatic heterocycles. The number of aliphatic imine (C=N–C) groups is 1. The maximum Gasteiger partial charge on any atom is 0.264 e. The van der Waals surface area contributed by atoms with Crippen molar-refractivity contribution in [3.63, 3.8) is 0 Å². The molecule has 0 radical (unpaired) electrons. The monoisotopic (exact) mass is 437 g/mol. The lowest BCUT2D eigenvalue weighted by molar-refractivity contribution is -0.115. The molecule has 4 rings (SSSR count). The smallest absolute Gasteiger partial charge is 0.264 e. The second kappa shape index (κ2) is 8.06. The van der Waals surface area contributed by atoms with Gasteiger partial charge in [-0.05, 0) is 65.7 Å². The van der Waals surface area contributed by atoms with E-state index in [-0.39, 0.29) is 5.91 Å². The van der Waals surface area contributed by atoms with Gasteiger partial charge in [0.2, 0.25) is 0 Å². The number of benzene rings is 2. The van der Waals surface area contributed by atoms with Gasteiger partial charge in [0.15, 0.2) is 5.17 Å². The number of nitrogens with zero attached hydrogens (tertiary/aromatic N) is 2. The molecule has 1 saturated heterocycles. The summed E-state index contributed by atoms with van der Waals surface area (Å²) in [6.45, 7) is 0.638. The molecule has 1 aliphatic rings. The van der Waals surface area contributed by atoms with Crippen LogP contribution in [-0.2, 0) is 11.2 Å². The third-order valence-corrected chi connectivity index (χ3v) is 5.62. The highest BCUT2D eigenvalue weighted by atomic mass is 79.9. The number of rotatable bonds is 4. The summed E-state index contributed by atoms with van der Waals surface area (Å²) in [4.78, 5) is 21.7. The average Bonchev–Trinajstić information content (AvgIpc) is 3.02. The number of nitrogens with one attached hydrogen (secondary N) is 1. The Bertz CT molecular complexity index is 1060. The fraction of sp³-hybridized carbons (Fsp3) is 0.0952. The summed E-state index contributed by atoms with van der Waals surface area (Å²) in [6.07, 6.45) is 4.51. The van der Waals surface area contributed by atoms with Crippen LogP contribution in [-0.4, -0.2) is 22.6 Å². The molecule has 6 heteroatoms. The Labute approximate surface area is 169 Å². The first kappa shape index (κ1) is 17.9. The minimum Gasteiger partial charge on any atom is -0.301 e. The first-order chi connectivity index (χ1) is 13.2. The highest BCUT2D eigenvalue weighted by Gasteiger charge is 2.23. The van der Waals surface area contributed by atoms with Crippen LogP contribution in [0.3, 0.4) is 0 Å². The van der Waals surface area contributed by atoms with Crippen LogP contribution in [0.1, 0.15) is 11.1 Å². The van der Waals surface area contributed by atoms with Gasteiger partial charge < -0.3 is 5.32 Å².